The predicted octanol–water partition coefficient (Wildman–Crippen LogP) is 2.33. The number of imide groups is 1. The van der Waals surface area contributed by atoms with E-state index in [1.54, 1.807) is 13.0 Å². The summed E-state index contributed by atoms with van der Waals surface area (Å²) in [4.78, 5) is 36.0. The van der Waals surface area contributed by atoms with Crippen LogP contribution in [0.4, 0.5) is 8.78 Å². The van der Waals surface area contributed by atoms with Crippen LogP contribution in [0, 0.1) is 0 Å². The van der Waals surface area contributed by atoms with Gasteiger partial charge < -0.3 is 9.84 Å². The zero-order valence-electron chi connectivity index (χ0n) is 17.5. The summed E-state index contributed by atoms with van der Waals surface area (Å²) in [5.74, 6) is -4.76. The lowest BCUT2D eigenvalue weighted by molar-refractivity contribution is -0.165. The second kappa shape index (κ2) is 10.9. The molecule has 1 atom stereocenters. The fraction of sp³-hybridized carbons (Fsp3) is 0.550. The number of amides is 2. The maximum atomic E-state index is 14.2. The van der Waals surface area contributed by atoms with E-state index in [1.807, 2.05) is 0 Å². The van der Waals surface area contributed by atoms with Crippen molar-refractivity contribution in [2.45, 2.75) is 63.2 Å². The van der Waals surface area contributed by atoms with Gasteiger partial charge in [-0.2, -0.15) is 17.2 Å². The van der Waals surface area contributed by atoms with E-state index in [2.05, 4.69) is 9.02 Å². The molecule has 0 aliphatic carbocycles. The lowest BCUT2D eigenvalue weighted by atomic mass is 10.00. The normalized spacial score (nSPS) is 15.4. The van der Waals surface area contributed by atoms with Gasteiger partial charge >= 0.3 is 21.3 Å². The Hall–Kier alpha value is -2.44. The van der Waals surface area contributed by atoms with Crippen LogP contribution in [-0.4, -0.2) is 54.3 Å². The number of nitrogens with zero attached hydrogens (tertiary/aromatic N) is 1. The van der Waals surface area contributed by atoms with Crippen molar-refractivity contribution in [3.8, 4) is 0 Å². The second-order valence-electron chi connectivity index (χ2n) is 7.41. The van der Waals surface area contributed by atoms with E-state index in [0.29, 0.717) is 12.8 Å². The summed E-state index contributed by atoms with van der Waals surface area (Å²) in [6.07, 6.45) is 2.92. The number of carbonyl (C=O) groups is 3. The molecule has 1 heterocycles. The largest absolute Gasteiger partial charge is 0.467 e. The van der Waals surface area contributed by atoms with Crippen LogP contribution in [0.25, 0.3) is 0 Å². The van der Waals surface area contributed by atoms with Gasteiger partial charge in [0.2, 0.25) is 0 Å². The van der Waals surface area contributed by atoms with Gasteiger partial charge in [0.05, 0.1) is 19.1 Å². The first-order chi connectivity index (χ1) is 15.0. The van der Waals surface area contributed by atoms with Gasteiger partial charge in [-0.15, -0.1) is 9.35 Å². The van der Waals surface area contributed by atoms with Crippen molar-refractivity contribution in [3.05, 3.63) is 35.4 Å². The Kier molecular flexibility index (Phi) is 8.81. The Morgan fingerprint density at radius 3 is 2.47 bits per heavy atom. The summed E-state index contributed by atoms with van der Waals surface area (Å²) in [5.41, 5.74) is 0.207. The SMILES string of the molecule is CC(O)CCCCCCCOC(=O)C(F)(F)S(=O)(=O)ON1C(=O)Cc2ccccc2C1=O. The highest BCUT2D eigenvalue weighted by Crippen LogP contribution is 2.29. The second-order valence-corrected chi connectivity index (χ2v) is 8.98. The molecule has 0 spiro atoms. The quantitative estimate of drug-likeness (QED) is 0.276. The molecule has 1 aromatic rings. The molecule has 1 aliphatic rings. The van der Waals surface area contributed by atoms with Gasteiger partial charge in [0, 0.05) is 5.56 Å². The molecule has 0 fully saturated rings. The molecule has 1 aliphatic heterocycles. The van der Waals surface area contributed by atoms with Gasteiger partial charge in [-0.1, -0.05) is 43.9 Å². The summed E-state index contributed by atoms with van der Waals surface area (Å²) in [5, 5.41) is 3.74. The Morgan fingerprint density at radius 2 is 1.78 bits per heavy atom. The molecule has 0 aromatic heterocycles. The van der Waals surface area contributed by atoms with Gasteiger partial charge in [-0.05, 0) is 31.4 Å². The van der Waals surface area contributed by atoms with Gasteiger partial charge in [0.25, 0.3) is 11.8 Å². The van der Waals surface area contributed by atoms with Crippen LogP contribution in [-0.2, 0) is 35.1 Å². The molecule has 1 unspecified atom stereocenters. The zero-order valence-corrected chi connectivity index (χ0v) is 18.3. The molecule has 9 nitrogen and oxygen atoms in total. The Bertz CT molecular complexity index is 949. The number of benzene rings is 1. The summed E-state index contributed by atoms with van der Waals surface area (Å²) in [6, 6.07) is 5.73. The number of alkyl halides is 2. The van der Waals surface area contributed by atoms with E-state index in [1.165, 1.54) is 18.2 Å². The van der Waals surface area contributed by atoms with E-state index in [0.717, 1.165) is 19.3 Å². The van der Waals surface area contributed by atoms with Crippen LogP contribution >= 0.6 is 0 Å². The number of aliphatic hydroxyl groups is 1. The Morgan fingerprint density at radius 1 is 1.16 bits per heavy atom. The average molecular weight is 477 g/mol. The van der Waals surface area contributed by atoms with Crippen LogP contribution in [0.1, 0.15) is 61.4 Å². The van der Waals surface area contributed by atoms with Gasteiger partial charge in [0.15, 0.2) is 0 Å². The molecule has 0 saturated heterocycles. The summed E-state index contributed by atoms with van der Waals surface area (Å²) in [6.45, 7) is 1.24. The summed E-state index contributed by atoms with van der Waals surface area (Å²) < 4.78 is 60.8. The van der Waals surface area contributed by atoms with Crippen molar-refractivity contribution in [1.29, 1.82) is 0 Å². The highest BCUT2D eigenvalue weighted by atomic mass is 32.2. The predicted molar refractivity (Wildman–Crippen MR) is 107 cm³/mol. The lowest BCUT2D eigenvalue weighted by Gasteiger charge is -2.26. The molecule has 2 rings (SSSR count). The minimum absolute atomic E-state index is 0.0818. The number of unbranched alkanes of at least 4 members (excludes halogenated alkanes) is 4. The van der Waals surface area contributed by atoms with Crippen LogP contribution in [0.2, 0.25) is 0 Å². The van der Waals surface area contributed by atoms with Crippen LogP contribution in [0.5, 0.6) is 0 Å². The smallest absolute Gasteiger partial charge is 0.460 e. The number of hydroxylamine groups is 2. The number of hydrogen-bond acceptors (Lipinski definition) is 8. The minimum Gasteiger partial charge on any atom is -0.460 e. The minimum atomic E-state index is -6.04. The molecule has 0 radical (unpaired) electrons. The number of esters is 1. The van der Waals surface area contributed by atoms with E-state index in [9.17, 15) is 31.6 Å². The third-order valence-electron chi connectivity index (χ3n) is 4.72. The van der Waals surface area contributed by atoms with Gasteiger partial charge in [-0.3, -0.25) is 9.59 Å². The van der Waals surface area contributed by atoms with Crippen molar-refractivity contribution < 1.29 is 45.7 Å². The number of carbonyl (C=O) groups excluding carboxylic acids is 3. The lowest BCUT2D eigenvalue weighted by Crippen LogP contribution is -2.49. The molecular weight excluding hydrogens is 452 g/mol. The van der Waals surface area contributed by atoms with Crippen molar-refractivity contribution in [1.82, 2.24) is 5.06 Å². The van der Waals surface area contributed by atoms with Crippen molar-refractivity contribution in [2.75, 3.05) is 6.61 Å². The van der Waals surface area contributed by atoms with Crippen LogP contribution < -0.4 is 0 Å². The fourth-order valence-corrected chi connectivity index (χ4v) is 3.69. The topological polar surface area (TPSA) is 127 Å². The van der Waals surface area contributed by atoms with Crippen molar-refractivity contribution in [2.24, 2.45) is 0 Å². The molecular formula is C20H25F2NO8S. The van der Waals surface area contributed by atoms with Crippen LogP contribution in [0.3, 0.4) is 0 Å². The van der Waals surface area contributed by atoms with E-state index in [4.69, 9.17) is 5.11 Å². The first-order valence-corrected chi connectivity index (χ1v) is 11.5. The van der Waals surface area contributed by atoms with Gasteiger partial charge in [0.1, 0.15) is 0 Å². The zero-order chi connectivity index (χ0) is 23.9. The van der Waals surface area contributed by atoms with E-state index >= 15 is 0 Å². The first-order valence-electron chi connectivity index (χ1n) is 10.1. The molecule has 2 amide bonds. The molecule has 32 heavy (non-hydrogen) atoms. The number of hydrogen-bond donors (Lipinski definition) is 1. The number of rotatable bonds is 12. The van der Waals surface area contributed by atoms with Crippen molar-refractivity contribution >= 4 is 27.9 Å². The Balaban J connectivity index is 1.89. The summed E-state index contributed by atoms with van der Waals surface area (Å²) in [7, 11) is -6.04. The third kappa shape index (κ3) is 6.30. The number of fused-ring (bicyclic) bond motifs is 1. The van der Waals surface area contributed by atoms with Crippen molar-refractivity contribution in [3.63, 3.8) is 0 Å². The molecule has 0 saturated carbocycles. The molecule has 178 valence electrons. The van der Waals surface area contributed by atoms with Gasteiger partial charge in [-0.25, -0.2) is 4.79 Å². The highest BCUT2D eigenvalue weighted by molar-refractivity contribution is 7.88. The number of halogens is 2. The fourth-order valence-electron chi connectivity index (χ4n) is 2.98. The van der Waals surface area contributed by atoms with Crippen LogP contribution in [0.15, 0.2) is 24.3 Å². The standard InChI is InChI=1S/C20H25F2NO8S/c1-14(24)9-5-3-2-4-8-12-30-19(27)20(21,22)32(28,29)31-23-17(25)13-15-10-6-7-11-16(15)18(23)26/h6-7,10-11,14,24H,2-5,8-9,12-13H2,1H3. The maximum Gasteiger partial charge on any atom is 0.467 e. The monoisotopic (exact) mass is 477 g/mol. The molecule has 0 bridgehead atoms. The average Bonchev–Trinajstić information content (AvgIpc) is 2.72. The summed E-state index contributed by atoms with van der Waals surface area (Å²) >= 11 is 0. The third-order valence-corrected chi connectivity index (χ3v) is 5.86. The van der Waals surface area contributed by atoms with E-state index < -0.39 is 52.3 Å². The maximum absolute atomic E-state index is 14.2. The highest BCUT2D eigenvalue weighted by Gasteiger charge is 2.58. The number of ether oxygens (including phenoxy) is 1. The Labute approximate surface area is 184 Å². The molecule has 1 aromatic carbocycles. The number of aliphatic hydroxyl groups excluding tert-OH is 1. The molecule has 1 N–H and O–H groups in total. The first kappa shape index (κ1) is 25.8. The van der Waals surface area contributed by atoms with E-state index in [-0.39, 0.29) is 22.6 Å². The molecule has 12 heteroatoms.